The molecule has 0 aliphatic heterocycles. The van der Waals surface area contributed by atoms with Gasteiger partial charge in [0.25, 0.3) is 0 Å². The number of nitrogens with one attached hydrogen (secondary N) is 1. The monoisotopic (exact) mass is 472 g/mol. The van der Waals surface area contributed by atoms with Crippen molar-refractivity contribution in [3.05, 3.63) is 59.1 Å². The van der Waals surface area contributed by atoms with Crippen molar-refractivity contribution in [2.45, 2.75) is 30.7 Å². The van der Waals surface area contributed by atoms with Gasteiger partial charge in [-0.15, -0.1) is 0 Å². The maximum Gasteiger partial charge on any atom is 0.232 e. The molecule has 0 spiro atoms. The molecule has 0 fully saturated rings. The summed E-state index contributed by atoms with van der Waals surface area (Å²) in [7, 11) is -6.78. The molecule has 2 aromatic rings. The number of carbonyl (C=O) groups is 1. The quantitative estimate of drug-likeness (QED) is 0.604. The van der Waals surface area contributed by atoms with Crippen LogP contribution < -0.4 is 9.62 Å². The Morgan fingerprint density at radius 1 is 1.00 bits per heavy atom. The van der Waals surface area contributed by atoms with E-state index >= 15 is 0 Å². The SMILES string of the molecule is CC(NC(=O)CCCN(c1ccc(Cl)cc1)S(C)(=O)=O)c1ccc(S(C)(=O)=O)cc1. The number of amides is 1. The number of nitrogens with zero attached hydrogens (tertiary/aromatic N) is 1. The lowest BCUT2D eigenvalue weighted by molar-refractivity contribution is -0.121. The molecule has 0 aliphatic rings. The molecule has 30 heavy (non-hydrogen) atoms. The fourth-order valence-electron chi connectivity index (χ4n) is 2.88. The first kappa shape index (κ1) is 24.2. The van der Waals surface area contributed by atoms with Gasteiger partial charge in [0.05, 0.1) is 22.9 Å². The molecule has 1 amide bonds. The minimum absolute atomic E-state index is 0.144. The van der Waals surface area contributed by atoms with Crippen LogP contribution in [0.3, 0.4) is 0 Å². The Morgan fingerprint density at radius 3 is 2.07 bits per heavy atom. The van der Waals surface area contributed by atoms with Crippen LogP contribution in [0, 0.1) is 0 Å². The average Bonchev–Trinajstić information content (AvgIpc) is 2.64. The number of sulfone groups is 1. The summed E-state index contributed by atoms with van der Waals surface area (Å²) in [5, 5.41) is 3.35. The van der Waals surface area contributed by atoms with Crippen molar-refractivity contribution in [2.24, 2.45) is 0 Å². The summed E-state index contributed by atoms with van der Waals surface area (Å²) in [5.74, 6) is -0.223. The van der Waals surface area contributed by atoms with E-state index in [0.717, 1.165) is 18.1 Å². The lowest BCUT2D eigenvalue weighted by atomic mass is 10.1. The van der Waals surface area contributed by atoms with Gasteiger partial charge in [-0.2, -0.15) is 0 Å². The van der Waals surface area contributed by atoms with E-state index < -0.39 is 19.9 Å². The Morgan fingerprint density at radius 2 is 1.57 bits per heavy atom. The zero-order chi connectivity index (χ0) is 22.5. The molecule has 0 saturated heterocycles. The summed E-state index contributed by atoms with van der Waals surface area (Å²) in [6, 6.07) is 12.5. The Kier molecular flexibility index (Phi) is 7.90. The molecule has 0 bridgehead atoms. The van der Waals surface area contributed by atoms with Crippen molar-refractivity contribution in [2.75, 3.05) is 23.4 Å². The highest BCUT2D eigenvalue weighted by atomic mass is 35.5. The van der Waals surface area contributed by atoms with Crippen molar-refractivity contribution in [3.8, 4) is 0 Å². The van der Waals surface area contributed by atoms with Crippen LogP contribution in [0.5, 0.6) is 0 Å². The van der Waals surface area contributed by atoms with Crippen molar-refractivity contribution in [1.82, 2.24) is 5.32 Å². The van der Waals surface area contributed by atoms with Crippen LogP contribution in [0.1, 0.15) is 31.4 Å². The number of sulfonamides is 1. The lowest BCUT2D eigenvalue weighted by Crippen LogP contribution is -2.32. The fraction of sp³-hybridized carbons (Fsp3) is 0.350. The molecule has 2 aromatic carbocycles. The largest absolute Gasteiger partial charge is 0.350 e. The van der Waals surface area contributed by atoms with Gasteiger partial charge in [-0.1, -0.05) is 23.7 Å². The number of halogens is 1. The predicted molar refractivity (Wildman–Crippen MR) is 119 cm³/mol. The number of rotatable bonds is 9. The molecule has 1 N–H and O–H groups in total. The second-order valence-corrected chi connectivity index (χ2v) is 11.4. The summed E-state index contributed by atoms with van der Waals surface area (Å²) >= 11 is 5.86. The minimum atomic E-state index is -3.50. The molecular formula is C20H25ClN2O5S2. The highest BCUT2D eigenvalue weighted by Gasteiger charge is 2.18. The molecule has 1 atom stereocenters. The molecule has 1 unspecified atom stereocenters. The number of benzene rings is 2. The van der Waals surface area contributed by atoms with E-state index in [0.29, 0.717) is 17.1 Å². The highest BCUT2D eigenvalue weighted by molar-refractivity contribution is 7.92. The molecule has 2 rings (SSSR count). The van der Waals surface area contributed by atoms with Crippen LogP contribution in [0.4, 0.5) is 5.69 Å². The van der Waals surface area contributed by atoms with E-state index in [9.17, 15) is 21.6 Å². The zero-order valence-corrected chi connectivity index (χ0v) is 19.4. The van der Waals surface area contributed by atoms with Crippen LogP contribution in [0.25, 0.3) is 0 Å². The standard InChI is InChI=1S/C20H25ClN2O5S2/c1-15(16-6-12-19(13-7-16)29(2,25)26)22-20(24)5-4-14-23(30(3,27)28)18-10-8-17(21)9-11-18/h6-13,15H,4-5,14H2,1-3H3,(H,22,24). The van der Waals surface area contributed by atoms with Crippen LogP contribution in [0.2, 0.25) is 5.02 Å². The summed E-state index contributed by atoms with van der Waals surface area (Å²) < 4.78 is 48.5. The van der Waals surface area contributed by atoms with Crippen LogP contribution in [-0.2, 0) is 24.7 Å². The molecule has 10 heteroatoms. The van der Waals surface area contributed by atoms with Gasteiger partial charge in [0.2, 0.25) is 15.9 Å². The average molecular weight is 473 g/mol. The predicted octanol–water partition coefficient (Wildman–Crippen LogP) is 3.17. The molecule has 164 valence electrons. The number of hydrogen-bond acceptors (Lipinski definition) is 5. The topological polar surface area (TPSA) is 101 Å². The number of hydrogen-bond donors (Lipinski definition) is 1. The summed E-state index contributed by atoms with van der Waals surface area (Å²) in [4.78, 5) is 12.5. The highest BCUT2D eigenvalue weighted by Crippen LogP contribution is 2.21. The van der Waals surface area contributed by atoms with Crippen LogP contribution in [-0.4, -0.2) is 41.8 Å². The third kappa shape index (κ3) is 7.00. The molecule has 0 radical (unpaired) electrons. The first-order valence-corrected chi connectivity index (χ1v) is 13.3. The third-order valence-electron chi connectivity index (χ3n) is 4.47. The van der Waals surface area contributed by atoms with Gasteiger partial charge < -0.3 is 5.32 Å². The van der Waals surface area contributed by atoms with E-state index in [-0.39, 0.29) is 29.8 Å². The Labute approximate surface area is 183 Å². The Hall–Kier alpha value is -2.10. The maximum absolute atomic E-state index is 12.3. The van der Waals surface area contributed by atoms with E-state index in [2.05, 4.69) is 5.32 Å². The molecule has 0 aliphatic carbocycles. The molecule has 0 heterocycles. The maximum atomic E-state index is 12.3. The van der Waals surface area contributed by atoms with Gasteiger partial charge >= 0.3 is 0 Å². The van der Waals surface area contributed by atoms with Crippen molar-refractivity contribution in [1.29, 1.82) is 0 Å². The van der Waals surface area contributed by atoms with E-state index in [1.165, 1.54) is 16.4 Å². The van der Waals surface area contributed by atoms with Gasteiger partial charge in [0, 0.05) is 24.2 Å². The molecular weight excluding hydrogens is 448 g/mol. The van der Waals surface area contributed by atoms with E-state index in [1.54, 1.807) is 43.3 Å². The summed E-state index contributed by atoms with van der Waals surface area (Å²) in [6.07, 6.45) is 2.73. The van der Waals surface area contributed by atoms with Gasteiger partial charge in [-0.25, -0.2) is 16.8 Å². The minimum Gasteiger partial charge on any atom is -0.350 e. The van der Waals surface area contributed by atoms with Crippen LogP contribution >= 0.6 is 11.6 Å². The normalized spacial score (nSPS) is 12.9. The van der Waals surface area contributed by atoms with Gasteiger partial charge in [-0.05, 0) is 55.3 Å². The zero-order valence-electron chi connectivity index (χ0n) is 17.0. The fourth-order valence-corrected chi connectivity index (χ4v) is 4.60. The first-order chi connectivity index (χ1) is 13.9. The van der Waals surface area contributed by atoms with Crippen molar-refractivity contribution in [3.63, 3.8) is 0 Å². The summed E-state index contributed by atoms with van der Waals surface area (Å²) in [5.41, 5.74) is 1.26. The van der Waals surface area contributed by atoms with Gasteiger partial charge in [-0.3, -0.25) is 9.10 Å². The van der Waals surface area contributed by atoms with E-state index in [4.69, 9.17) is 11.6 Å². The van der Waals surface area contributed by atoms with Crippen molar-refractivity contribution < 1.29 is 21.6 Å². The van der Waals surface area contributed by atoms with Crippen molar-refractivity contribution >= 4 is 43.1 Å². The number of carbonyl (C=O) groups excluding carboxylic acids is 1. The molecule has 0 aromatic heterocycles. The third-order valence-corrected chi connectivity index (χ3v) is 7.04. The smallest absolute Gasteiger partial charge is 0.232 e. The van der Waals surface area contributed by atoms with Gasteiger partial charge in [0.15, 0.2) is 9.84 Å². The van der Waals surface area contributed by atoms with Gasteiger partial charge in [0.1, 0.15) is 0 Å². The first-order valence-electron chi connectivity index (χ1n) is 9.20. The molecule has 0 saturated carbocycles. The molecule has 7 nitrogen and oxygen atoms in total. The Bertz CT molecular complexity index is 1080. The van der Waals surface area contributed by atoms with E-state index in [1.807, 2.05) is 0 Å². The second-order valence-electron chi connectivity index (χ2n) is 7.05. The summed E-state index contributed by atoms with van der Waals surface area (Å²) in [6.45, 7) is 1.95. The van der Waals surface area contributed by atoms with Crippen LogP contribution in [0.15, 0.2) is 53.4 Å². The lowest BCUT2D eigenvalue weighted by Gasteiger charge is -2.22. The second kappa shape index (κ2) is 9.80. The Balaban J connectivity index is 1.93. The number of anilines is 1.